The fourth-order valence-corrected chi connectivity index (χ4v) is 1.49. The first kappa shape index (κ1) is 12.3. The molecule has 0 aliphatic rings. The van der Waals surface area contributed by atoms with Crippen LogP contribution in [0, 0.1) is 12.3 Å². The maximum absolute atomic E-state index is 11.0. The van der Waals surface area contributed by atoms with Gasteiger partial charge in [0.05, 0.1) is 12.3 Å². The Bertz CT molecular complexity index is 189. The van der Waals surface area contributed by atoms with Crippen LogP contribution in [0.1, 0.15) is 13.3 Å². The van der Waals surface area contributed by atoms with Crippen molar-refractivity contribution in [1.82, 2.24) is 5.32 Å². The zero-order valence-electron chi connectivity index (χ0n) is 7.75. The third kappa shape index (κ3) is 7.69. The lowest BCUT2D eigenvalue weighted by Crippen LogP contribution is -2.26. The Morgan fingerprint density at radius 3 is 3.00 bits per heavy atom. The second-order valence-corrected chi connectivity index (χ2v) is 4.04. The van der Waals surface area contributed by atoms with Gasteiger partial charge in [-0.05, 0) is 6.42 Å². The monoisotopic (exact) mass is 201 g/mol. The van der Waals surface area contributed by atoms with Crippen molar-refractivity contribution >= 4 is 17.7 Å². The maximum atomic E-state index is 11.0. The van der Waals surface area contributed by atoms with Gasteiger partial charge >= 0.3 is 0 Å². The number of thioether (sulfide) groups is 1. The molecule has 0 bridgehead atoms. The lowest BCUT2D eigenvalue weighted by molar-refractivity contribution is -0.118. The molecule has 0 aliphatic heterocycles. The van der Waals surface area contributed by atoms with E-state index >= 15 is 0 Å². The van der Waals surface area contributed by atoms with Gasteiger partial charge in [0.25, 0.3) is 0 Å². The molecule has 0 aromatic rings. The van der Waals surface area contributed by atoms with Crippen molar-refractivity contribution in [3.05, 3.63) is 0 Å². The third-order valence-electron chi connectivity index (χ3n) is 1.42. The van der Waals surface area contributed by atoms with Crippen LogP contribution in [0.2, 0.25) is 0 Å². The molecule has 13 heavy (non-hydrogen) atoms. The minimum Gasteiger partial charge on any atom is -0.396 e. The second kappa shape index (κ2) is 7.96. The third-order valence-corrected chi connectivity index (χ3v) is 2.66. The van der Waals surface area contributed by atoms with E-state index in [9.17, 15) is 4.79 Å². The molecule has 0 rings (SSSR count). The minimum absolute atomic E-state index is 0.0484. The van der Waals surface area contributed by atoms with Crippen molar-refractivity contribution in [3.8, 4) is 12.3 Å². The van der Waals surface area contributed by atoms with Gasteiger partial charge in [0.1, 0.15) is 0 Å². The van der Waals surface area contributed by atoms with Gasteiger partial charge in [0.15, 0.2) is 0 Å². The second-order valence-electron chi connectivity index (χ2n) is 2.61. The molecule has 0 fully saturated rings. The molecule has 1 atom stereocenters. The minimum atomic E-state index is -0.0484. The molecule has 0 aromatic heterocycles. The number of hydrogen-bond donors (Lipinski definition) is 2. The Hall–Kier alpha value is -0.660. The maximum Gasteiger partial charge on any atom is 0.230 e. The highest BCUT2D eigenvalue weighted by atomic mass is 32.2. The fraction of sp³-hybridized carbons (Fsp3) is 0.667. The molecule has 0 spiro atoms. The average Bonchev–Trinajstić information content (AvgIpc) is 2.12. The SMILES string of the molecule is C#CCNC(=O)CSC(C)CCO. The zero-order valence-corrected chi connectivity index (χ0v) is 8.56. The molecule has 0 saturated heterocycles. The van der Waals surface area contributed by atoms with Gasteiger partial charge in [0.2, 0.25) is 5.91 Å². The molecule has 3 nitrogen and oxygen atoms in total. The van der Waals surface area contributed by atoms with Crippen molar-refractivity contribution in [1.29, 1.82) is 0 Å². The standard InChI is InChI=1S/C9H15NO2S/c1-3-5-10-9(12)7-13-8(2)4-6-11/h1,8,11H,4-7H2,2H3,(H,10,12). The fourth-order valence-electron chi connectivity index (χ4n) is 0.684. The Kier molecular flexibility index (Phi) is 7.56. The van der Waals surface area contributed by atoms with Crippen LogP contribution in [0.3, 0.4) is 0 Å². The summed E-state index contributed by atoms with van der Waals surface area (Å²) in [6, 6.07) is 0. The van der Waals surface area contributed by atoms with Crippen LogP contribution >= 0.6 is 11.8 Å². The van der Waals surface area contributed by atoms with E-state index in [0.717, 1.165) is 0 Å². The first-order valence-corrected chi connectivity index (χ1v) is 5.18. The number of rotatable bonds is 6. The number of carbonyl (C=O) groups is 1. The molecule has 0 aromatic carbocycles. The summed E-state index contributed by atoms with van der Waals surface area (Å²) in [6.07, 6.45) is 5.69. The summed E-state index contributed by atoms with van der Waals surface area (Å²) in [5, 5.41) is 11.5. The Morgan fingerprint density at radius 2 is 2.46 bits per heavy atom. The predicted octanol–water partition coefficient (Wildman–Crippen LogP) is 0.240. The summed E-state index contributed by atoms with van der Waals surface area (Å²) in [6.45, 7) is 2.43. The molecule has 2 N–H and O–H groups in total. The van der Waals surface area contributed by atoms with Gasteiger partial charge in [-0.2, -0.15) is 0 Å². The molecule has 0 saturated carbocycles. The lowest BCUT2D eigenvalue weighted by atomic mass is 10.3. The molecule has 0 radical (unpaired) electrons. The van der Waals surface area contributed by atoms with Crippen molar-refractivity contribution in [3.63, 3.8) is 0 Å². The number of nitrogens with one attached hydrogen (secondary N) is 1. The number of carbonyl (C=O) groups excluding carboxylic acids is 1. The number of terminal acetylenes is 1. The van der Waals surface area contributed by atoms with E-state index < -0.39 is 0 Å². The van der Waals surface area contributed by atoms with Gasteiger partial charge < -0.3 is 10.4 Å². The van der Waals surface area contributed by atoms with Crippen molar-refractivity contribution in [2.45, 2.75) is 18.6 Å². The first-order chi connectivity index (χ1) is 6.20. The highest BCUT2D eigenvalue weighted by Gasteiger charge is 2.05. The summed E-state index contributed by atoms with van der Waals surface area (Å²) in [4.78, 5) is 11.0. The van der Waals surface area contributed by atoms with Crippen LogP contribution in [0.15, 0.2) is 0 Å². The van der Waals surface area contributed by atoms with Gasteiger partial charge in [0, 0.05) is 11.9 Å². The topological polar surface area (TPSA) is 49.3 Å². The summed E-state index contributed by atoms with van der Waals surface area (Å²) in [7, 11) is 0. The van der Waals surface area contributed by atoms with E-state index in [1.807, 2.05) is 6.92 Å². The Labute approximate surface area is 83.3 Å². The van der Waals surface area contributed by atoms with E-state index in [4.69, 9.17) is 11.5 Å². The average molecular weight is 201 g/mol. The van der Waals surface area contributed by atoms with Crippen LogP contribution in [-0.2, 0) is 4.79 Å². The Morgan fingerprint density at radius 1 is 1.77 bits per heavy atom. The number of aliphatic hydroxyl groups is 1. The van der Waals surface area contributed by atoms with Crippen LogP contribution in [0.4, 0.5) is 0 Å². The highest BCUT2D eigenvalue weighted by Crippen LogP contribution is 2.12. The summed E-state index contributed by atoms with van der Waals surface area (Å²) < 4.78 is 0. The van der Waals surface area contributed by atoms with Crippen LogP contribution in [-0.4, -0.2) is 35.2 Å². The van der Waals surface area contributed by atoms with E-state index in [1.165, 1.54) is 11.8 Å². The number of amides is 1. The molecule has 1 amide bonds. The summed E-state index contributed by atoms with van der Waals surface area (Å²) in [5.74, 6) is 2.69. The van der Waals surface area contributed by atoms with E-state index in [1.54, 1.807) is 0 Å². The van der Waals surface area contributed by atoms with E-state index in [0.29, 0.717) is 17.4 Å². The molecule has 4 heteroatoms. The van der Waals surface area contributed by atoms with Crippen LogP contribution in [0.5, 0.6) is 0 Å². The van der Waals surface area contributed by atoms with E-state index in [2.05, 4.69) is 11.2 Å². The molecule has 74 valence electrons. The normalized spacial score (nSPS) is 11.8. The molecule has 0 aliphatic carbocycles. The molecule has 1 unspecified atom stereocenters. The largest absolute Gasteiger partial charge is 0.396 e. The Balaban J connectivity index is 3.41. The number of aliphatic hydroxyl groups excluding tert-OH is 1. The quantitative estimate of drug-likeness (QED) is 0.605. The summed E-state index contributed by atoms with van der Waals surface area (Å²) >= 11 is 1.52. The van der Waals surface area contributed by atoms with E-state index in [-0.39, 0.29) is 19.1 Å². The number of hydrogen-bond acceptors (Lipinski definition) is 3. The van der Waals surface area contributed by atoms with Crippen LogP contribution < -0.4 is 5.32 Å². The highest BCUT2D eigenvalue weighted by molar-refractivity contribution is 8.00. The first-order valence-electron chi connectivity index (χ1n) is 4.13. The van der Waals surface area contributed by atoms with Crippen molar-refractivity contribution in [2.24, 2.45) is 0 Å². The van der Waals surface area contributed by atoms with Crippen molar-refractivity contribution < 1.29 is 9.90 Å². The van der Waals surface area contributed by atoms with Gasteiger partial charge in [-0.15, -0.1) is 18.2 Å². The summed E-state index contributed by atoms with van der Waals surface area (Å²) in [5.41, 5.74) is 0. The van der Waals surface area contributed by atoms with Crippen LogP contribution in [0.25, 0.3) is 0 Å². The smallest absolute Gasteiger partial charge is 0.230 e. The van der Waals surface area contributed by atoms with Gasteiger partial charge in [-0.1, -0.05) is 12.8 Å². The molecular formula is C9H15NO2S. The van der Waals surface area contributed by atoms with Crippen molar-refractivity contribution in [2.75, 3.05) is 18.9 Å². The zero-order chi connectivity index (χ0) is 10.1. The lowest BCUT2D eigenvalue weighted by Gasteiger charge is -2.08. The van der Waals surface area contributed by atoms with Gasteiger partial charge in [-0.3, -0.25) is 4.79 Å². The predicted molar refractivity (Wildman–Crippen MR) is 55.5 cm³/mol. The van der Waals surface area contributed by atoms with Gasteiger partial charge in [-0.25, -0.2) is 0 Å². The molecule has 0 heterocycles. The molecular weight excluding hydrogens is 186 g/mol.